The molecule has 14 heavy (non-hydrogen) atoms. The summed E-state index contributed by atoms with van der Waals surface area (Å²) in [5.74, 6) is 0.672. The third kappa shape index (κ3) is 1.99. The zero-order chi connectivity index (χ0) is 9.97. The SMILES string of the molecule is CC(=O)C1CCC=C(N2CCCC2)C1. The van der Waals surface area contributed by atoms with E-state index in [2.05, 4.69) is 11.0 Å². The number of rotatable bonds is 2. The van der Waals surface area contributed by atoms with Gasteiger partial charge in [0.25, 0.3) is 0 Å². The zero-order valence-electron chi connectivity index (χ0n) is 8.96. The first kappa shape index (κ1) is 9.75. The summed E-state index contributed by atoms with van der Waals surface area (Å²) in [6.07, 6.45) is 8.13. The second-order valence-electron chi connectivity index (χ2n) is 4.48. The maximum atomic E-state index is 11.3. The molecule has 2 rings (SSSR count). The van der Waals surface area contributed by atoms with Gasteiger partial charge in [-0.25, -0.2) is 0 Å². The Morgan fingerprint density at radius 1 is 1.43 bits per heavy atom. The molecule has 0 amide bonds. The number of carbonyl (C=O) groups is 1. The first-order valence-corrected chi connectivity index (χ1v) is 5.72. The lowest BCUT2D eigenvalue weighted by atomic mass is 9.89. The van der Waals surface area contributed by atoms with Crippen LogP contribution in [0.25, 0.3) is 0 Å². The summed E-state index contributed by atoms with van der Waals surface area (Å²) >= 11 is 0. The van der Waals surface area contributed by atoms with Gasteiger partial charge in [-0.05, 0) is 39.0 Å². The van der Waals surface area contributed by atoms with Crippen molar-refractivity contribution in [3.8, 4) is 0 Å². The van der Waals surface area contributed by atoms with Gasteiger partial charge in [-0.2, -0.15) is 0 Å². The Kier molecular flexibility index (Phi) is 2.90. The van der Waals surface area contributed by atoms with Crippen LogP contribution in [0.15, 0.2) is 11.8 Å². The molecule has 1 aliphatic carbocycles. The summed E-state index contributed by atoms with van der Waals surface area (Å²) < 4.78 is 0. The molecule has 0 aromatic heterocycles. The minimum atomic E-state index is 0.301. The quantitative estimate of drug-likeness (QED) is 0.671. The van der Waals surface area contributed by atoms with E-state index in [-0.39, 0.29) is 0 Å². The van der Waals surface area contributed by atoms with Crippen molar-refractivity contribution in [1.82, 2.24) is 4.90 Å². The topological polar surface area (TPSA) is 20.3 Å². The van der Waals surface area contributed by atoms with Gasteiger partial charge >= 0.3 is 0 Å². The Labute approximate surface area is 86.0 Å². The van der Waals surface area contributed by atoms with Gasteiger partial charge in [0, 0.05) is 24.7 Å². The maximum Gasteiger partial charge on any atom is 0.133 e. The normalized spacial score (nSPS) is 27.6. The number of hydrogen-bond acceptors (Lipinski definition) is 2. The number of allylic oxidation sites excluding steroid dienone is 2. The fraction of sp³-hybridized carbons (Fsp3) is 0.750. The van der Waals surface area contributed by atoms with Crippen LogP contribution >= 0.6 is 0 Å². The summed E-state index contributed by atoms with van der Waals surface area (Å²) in [6.45, 7) is 4.14. The Bertz CT molecular complexity index is 251. The smallest absolute Gasteiger partial charge is 0.133 e. The van der Waals surface area contributed by atoms with Gasteiger partial charge < -0.3 is 4.90 Å². The number of hydrogen-bond donors (Lipinski definition) is 0. The van der Waals surface area contributed by atoms with Gasteiger partial charge in [0.05, 0.1) is 0 Å². The molecule has 2 nitrogen and oxygen atoms in total. The highest BCUT2D eigenvalue weighted by molar-refractivity contribution is 5.78. The van der Waals surface area contributed by atoms with Crippen LogP contribution in [0.5, 0.6) is 0 Å². The van der Waals surface area contributed by atoms with Crippen LogP contribution in [0.3, 0.4) is 0 Å². The van der Waals surface area contributed by atoms with Crippen LogP contribution in [0, 0.1) is 5.92 Å². The summed E-state index contributed by atoms with van der Waals surface area (Å²) in [7, 11) is 0. The minimum Gasteiger partial charge on any atom is -0.375 e. The van der Waals surface area contributed by atoms with E-state index in [9.17, 15) is 4.79 Å². The first-order valence-electron chi connectivity index (χ1n) is 5.72. The lowest BCUT2D eigenvalue weighted by Crippen LogP contribution is -2.25. The second-order valence-corrected chi connectivity index (χ2v) is 4.48. The summed E-state index contributed by atoms with van der Waals surface area (Å²) in [5.41, 5.74) is 1.44. The van der Waals surface area contributed by atoms with Crippen molar-refractivity contribution in [2.75, 3.05) is 13.1 Å². The van der Waals surface area contributed by atoms with Crippen LogP contribution in [0.1, 0.15) is 39.0 Å². The molecule has 1 aliphatic heterocycles. The largest absolute Gasteiger partial charge is 0.375 e. The molecule has 0 bridgehead atoms. The third-order valence-corrected chi connectivity index (χ3v) is 3.44. The Balaban J connectivity index is 1.98. The highest BCUT2D eigenvalue weighted by Crippen LogP contribution is 2.29. The van der Waals surface area contributed by atoms with E-state index in [1.807, 2.05) is 0 Å². The van der Waals surface area contributed by atoms with Gasteiger partial charge in [-0.3, -0.25) is 4.79 Å². The van der Waals surface area contributed by atoms with Crippen molar-refractivity contribution in [2.24, 2.45) is 5.92 Å². The molecular weight excluding hydrogens is 174 g/mol. The Hall–Kier alpha value is -0.790. The predicted octanol–water partition coefficient (Wildman–Crippen LogP) is 2.36. The van der Waals surface area contributed by atoms with E-state index in [0.717, 1.165) is 19.3 Å². The number of carbonyl (C=O) groups excluding carboxylic acids is 1. The standard InChI is InChI=1S/C12H19NO/c1-10(14)11-5-4-6-12(9-11)13-7-2-3-8-13/h6,11H,2-5,7-9H2,1H3. The molecule has 1 unspecified atom stereocenters. The van der Waals surface area contributed by atoms with Gasteiger partial charge in [0.2, 0.25) is 0 Å². The first-order chi connectivity index (χ1) is 6.77. The summed E-state index contributed by atoms with van der Waals surface area (Å²) in [6, 6.07) is 0. The molecular formula is C12H19NO. The monoisotopic (exact) mass is 193 g/mol. The van der Waals surface area contributed by atoms with Crippen LogP contribution in [-0.4, -0.2) is 23.8 Å². The van der Waals surface area contributed by atoms with E-state index in [1.165, 1.54) is 31.6 Å². The number of ketones is 1. The Morgan fingerprint density at radius 3 is 2.79 bits per heavy atom. The van der Waals surface area contributed by atoms with Gasteiger partial charge in [-0.15, -0.1) is 0 Å². The second kappa shape index (κ2) is 4.16. The molecule has 2 heteroatoms. The van der Waals surface area contributed by atoms with Gasteiger partial charge in [0.1, 0.15) is 5.78 Å². The molecule has 1 saturated heterocycles. The predicted molar refractivity (Wildman–Crippen MR) is 56.9 cm³/mol. The fourth-order valence-electron chi connectivity index (χ4n) is 2.50. The van der Waals surface area contributed by atoms with E-state index in [1.54, 1.807) is 6.92 Å². The Morgan fingerprint density at radius 2 is 2.14 bits per heavy atom. The van der Waals surface area contributed by atoms with E-state index >= 15 is 0 Å². The van der Waals surface area contributed by atoms with Crippen LogP contribution in [0.2, 0.25) is 0 Å². The van der Waals surface area contributed by atoms with E-state index in [0.29, 0.717) is 11.7 Å². The molecule has 1 fully saturated rings. The fourth-order valence-corrected chi connectivity index (χ4v) is 2.50. The van der Waals surface area contributed by atoms with E-state index in [4.69, 9.17) is 0 Å². The molecule has 1 heterocycles. The molecule has 2 aliphatic rings. The van der Waals surface area contributed by atoms with Crippen molar-refractivity contribution < 1.29 is 4.79 Å². The molecule has 0 aromatic carbocycles. The van der Waals surface area contributed by atoms with E-state index < -0.39 is 0 Å². The minimum absolute atomic E-state index is 0.301. The molecule has 0 N–H and O–H groups in total. The van der Waals surface area contributed by atoms with Crippen molar-refractivity contribution in [3.63, 3.8) is 0 Å². The summed E-state index contributed by atoms with van der Waals surface area (Å²) in [4.78, 5) is 13.8. The van der Waals surface area contributed by atoms with Crippen LogP contribution < -0.4 is 0 Å². The maximum absolute atomic E-state index is 11.3. The zero-order valence-corrected chi connectivity index (χ0v) is 8.96. The molecule has 1 atom stereocenters. The average molecular weight is 193 g/mol. The van der Waals surface area contributed by atoms with Crippen molar-refractivity contribution >= 4 is 5.78 Å². The van der Waals surface area contributed by atoms with Crippen molar-refractivity contribution in [1.29, 1.82) is 0 Å². The molecule has 0 saturated carbocycles. The van der Waals surface area contributed by atoms with Crippen molar-refractivity contribution in [2.45, 2.75) is 39.0 Å². The molecule has 0 radical (unpaired) electrons. The highest BCUT2D eigenvalue weighted by Gasteiger charge is 2.23. The lowest BCUT2D eigenvalue weighted by molar-refractivity contribution is -0.121. The molecule has 0 spiro atoms. The number of Topliss-reactive ketones (excluding diaryl/α,β-unsaturated/α-hetero) is 1. The molecule has 0 aromatic rings. The van der Waals surface area contributed by atoms with Gasteiger partial charge in [0.15, 0.2) is 0 Å². The van der Waals surface area contributed by atoms with Crippen LogP contribution in [0.4, 0.5) is 0 Å². The van der Waals surface area contributed by atoms with Crippen molar-refractivity contribution in [3.05, 3.63) is 11.8 Å². The number of nitrogens with zero attached hydrogens (tertiary/aromatic N) is 1. The lowest BCUT2D eigenvalue weighted by Gasteiger charge is -2.28. The highest BCUT2D eigenvalue weighted by atomic mass is 16.1. The molecule has 78 valence electrons. The number of likely N-dealkylation sites (tertiary alicyclic amines) is 1. The van der Waals surface area contributed by atoms with Crippen LogP contribution in [-0.2, 0) is 4.79 Å². The van der Waals surface area contributed by atoms with Gasteiger partial charge in [-0.1, -0.05) is 6.08 Å². The summed E-state index contributed by atoms with van der Waals surface area (Å²) in [5, 5.41) is 0. The third-order valence-electron chi connectivity index (χ3n) is 3.44. The average Bonchev–Trinajstić information content (AvgIpc) is 2.71.